The first-order valence-corrected chi connectivity index (χ1v) is 3.92. The molecule has 0 saturated heterocycles. The molecule has 0 atom stereocenters. The molecule has 0 spiro atoms. The molecular formula is C6H4N2O2S. The number of carbonyl (C=O) groups is 2. The zero-order valence-corrected chi connectivity index (χ0v) is 6.27. The van der Waals surface area contributed by atoms with Gasteiger partial charge in [0.25, 0.3) is 5.91 Å². The topological polar surface area (TPSA) is 59.1 Å². The van der Waals surface area contributed by atoms with Crippen molar-refractivity contribution in [3.05, 3.63) is 16.1 Å². The molecule has 1 aliphatic heterocycles. The Hall–Kier alpha value is -1.23. The van der Waals surface area contributed by atoms with Crippen molar-refractivity contribution in [1.82, 2.24) is 10.3 Å². The minimum Gasteiger partial charge on any atom is -0.291 e. The van der Waals surface area contributed by atoms with Crippen LogP contribution in [0.4, 0.5) is 0 Å². The molecule has 0 aliphatic carbocycles. The summed E-state index contributed by atoms with van der Waals surface area (Å²) in [6.45, 7) is 0. The molecule has 1 aliphatic rings. The van der Waals surface area contributed by atoms with E-state index >= 15 is 0 Å². The highest BCUT2D eigenvalue weighted by Crippen LogP contribution is 2.16. The number of aromatic nitrogens is 1. The fourth-order valence-electron chi connectivity index (χ4n) is 0.957. The summed E-state index contributed by atoms with van der Waals surface area (Å²) in [7, 11) is 0. The van der Waals surface area contributed by atoms with Gasteiger partial charge in [-0.3, -0.25) is 14.9 Å². The maximum atomic E-state index is 11.0. The number of rotatable bonds is 0. The molecule has 2 amide bonds. The van der Waals surface area contributed by atoms with Crippen molar-refractivity contribution in [3.63, 3.8) is 0 Å². The third-order valence-electron chi connectivity index (χ3n) is 1.43. The van der Waals surface area contributed by atoms with Gasteiger partial charge in [-0.25, -0.2) is 4.98 Å². The molecule has 2 rings (SSSR count). The summed E-state index contributed by atoms with van der Waals surface area (Å²) in [4.78, 5) is 26.3. The number of hydrogen-bond donors (Lipinski definition) is 1. The zero-order chi connectivity index (χ0) is 7.84. The molecule has 0 fully saturated rings. The molecule has 56 valence electrons. The lowest BCUT2D eigenvalue weighted by atomic mass is 10.2. The predicted molar refractivity (Wildman–Crippen MR) is 38.3 cm³/mol. The number of thiazole rings is 1. The van der Waals surface area contributed by atoms with E-state index in [-0.39, 0.29) is 18.2 Å². The van der Waals surface area contributed by atoms with Gasteiger partial charge in [-0.2, -0.15) is 0 Å². The molecule has 1 N–H and O–H groups in total. The van der Waals surface area contributed by atoms with E-state index in [9.17, 15) is 9.59 Å². The molecule has 0 saturated carbocycles. The Labute approximate surface area is 66.3 Å². The Bertz CT molecular complexity index is 331. The molecule has 1 aromatic heterocycles. The highest BCUT2D eigenvalue weighted by Gasteiger charge is 2.24. The van der Waals surface area contributed by atoms with Crippen molar-refractivity contribution < 1.29 is 9.59 Å². The van der Waals surface area contributed by atoms with Crippen LogP contribution in [0, 0.1) is 0 Å². The van der Waals surface area contributed by atoms with Crippen molar-refractivity contribution >= 4 is 23.2 Å². The molecular weight excluding hydrogens is 164 g/mol. The molecule has 4 nitrogen and oxygen atoms in total. The van der Waals surface area contributed by atoms with E-state index < -0.39 is 0 Å². The van der Waals surface area contributed by atoms with Crippen molar-refractivity contribution in [2.45, 2.75) is 6.42 Å². The second kappa shape index (κ2) is 2.13. The van der Waals surface area contributed by atoms with E-state index in [1.54, 1.807) is 5.51 Å². The fraction of sp³-hybridized carbons (Fsp3) is 0.167. The van der Waals surface area contributed by atoms with Gasteiger partial charge >= 0.3 is 0 Å². The lowest BCUT2D eigenvalue weighted by molar-refractivity contribution is -0.119. The highest BCUT2D eigenvalue weighted by atomic mass is 32.1. The third kappa shape index (κ3) is 0.932. The molecule has 1 aromatic rings. The van der Waals surface area contributed by atoms with E-state index in [1.807, 2.05) is 0 Å². The quantitative estimate of drug-likeness (QED) is 0.553. The van der Waals surface area contributed by atoms with Crippen LogP contribution >= 0.6 is 11.3 Å². The number of carbonyl (C=O) groups excluding carboxylic acids is 2. The number of fused-ring (bicyclic) bond motifs is 1. The molecule has 0 unspecified atom stereocenters. The fourth-order valence-corrected chi connectivity index (χ4v) is 1.71. The Morgan fingerprint density at radius 1 is 1.55 bits per heavy atom. The standard InChI is InChI=1S/C6H4N2O2S/c9-4-1-3-5(6(10)8-4)7-2-11-3/h2H,1H2,(H,8,9,10). The molecule has 5 heteroatoms. The van der Waals surface area contributed by atoms with Crippen molar-refractivity contribution in [3.8, 4) is 0 Å². The largest absolute Gasteiger partial charge is 0.291 e. The zero-order valence-electron chi connectivity index (χ0n) is 5.46. The average molecular weight is 168 g/mol. The number of nitrogens with zero attached hydrogens (tertiary/aromatic N) is 1. The van der Waals surface area contributed by atoms with Gasteiger partial charge in [0.05, 0.1) is 11.9 Å². The smallest absolute Gasteiger partial charge is 0.277 e. The number of amides is 2. The van der Waals surface area contributed by atoms with Crippen molar-refractivity contribution in [2.75, 3.05) is 0 Å². The van der Waals surface area contributed by atoms with Gasteiger partial charge in [-0.05, 0) is 0 Å². The predicted octanol–water partition coefficient (Wildman–Crippen LogP) is -0.0444. The summed E-state index contributed by atoms with van der Waals surface area (Å²) < 4.78 is 0. The first-order valence-electron chi connectivity index (χ1n) is 3.04. The highest BCUT2D eigenvalue weighted by molar-refractivity contribution is 7.10. The number of nitrogens with one attached hydrogen (secondary N) is 1. The Morgan fingerprint density at radius 3 is 3.18 bits per heavy atom. The normalized spacial score (nSPS) is 16.0. The van der Waals surface area contributed by atoms with Crippen LogP contribution in [0.1, 0.15) is 15.4 Å². The third-order valence-corrected chi connectivity index (χ3v) is 2.26. The van der Waals surface area contributed by atoms with Crippen LogP contribution in [0.3, 0.4) is 0 Å². The van der Waals surface area contributed by atoms with Gasteiger partial charge in [0.1, 0.15) is 5.69 Å². The Morgan fingerprint density at radius 2 is 2.36 bits per heavy atom. The van der Waals surface area contributed by atoms with Crippen LogP contribution in [0.2, 0.25) is 0 Å². The summed E-state index contributed by atoms with van der Waals surface area (Å²) in [6.07, 6.45) is 0.283. The van der Waals surface area contributed by atoms with Gasteiger partial charge in [-0.15, -0.1) is 11.3 Å². The summed E-state index contributed by atoms with van der Waals surface area (Å²) in [5, 5.41) is 2.19. The van der Waals surface area contributed by atoms with Crippen LogP contribution in [0.15, 0.2) is 5.51 Å². The second-order valence-electron chi connectivity index (χ2n) is 2.18. The first-order chi connectivity index (χ1) is 5.27. The van der Waals surface area contributed by atoms with Crippen molar-refractivity contribution in [1.29, 1.82) is 0 Å². The second-order valence-corrected chi connectivity index (χ2v) is 3.12. The Kier molecular flexibility index (Phi) is 1.25. The molecule has 0 bridgehead atoms. The van der Waals surface area contributed by atoms with Crippen LogP contribution in [0.5, 0.6) is 0 Å². The van der Waals surface area contributed by atoms with Crippen LogP contribution in [0.25, 0.3) is 0 Å². The van der Waals surface area contributed by atoms with Crippen molar-refractivity contribution in [2.24, 2.45) is 0 Å². The van der Waals surface area contributed by atoms with E-state index in [4.69, 9.17) is 0 Å². The summed E-state index contributed by atoms with van der Waals surface area (Å²) >= 11 is 1.34. The number of hydrogen-bond acceptors (Lipinski definition) is 4. The number of imide groups is 1. The first kappa shape index (κ1) is 6.48. The summed E-state index contributed by atoms with van der Waals surface area (Å²) in [5.74, 6) is -0.621. The maximum Gasteiger partial charge on any atom is 0.277 e. The lowest BCUT2D eigenvalue weighted by Gasteiger charge is -2.08. The van der Waals surface area contributed by atoms with Gasteiger partial charge in [0.2, 0.25) is 5.91 Å². The molecule has 0 radical (unpaired) electrons. The van der Waals surface area contributed by atoms with E-state index in [1.165, 1.54) is 11.3 Å². The monoisotopic (exact) mass is 168 g/mol. The van der Waals surface area contributed by atoms with Gasteiger partial charge in [-0.1, -0.05) is 0 Å². The SMILES string of the molecule is O=C1Cc2scnc2C(=O)N1. The minimum absolute atomic E-state index is 0.244. The van der Waals surface area contributed by atoms with E-state index in [2.05, 4.69) is 10.3 Å². The van der Waals surface area contributed by atoms with Gasteiger partial charge in [0.15, 0.2) is 0 Å². The van der Waals surface area contributed by atoms with Crippen LogP contribution in [-0.4, -0.2) is 16.8 Å². The van der Waals surface area contributed by atoms with Gasteiger partial charge in [0, 0.05) is 4.88 Å². The Balaban J connectivity index is 2.52. The summed E-state index contributed by atoms with van der Waals surface area (Å²) in [6, 6.07) is 0. The van der Waals surface area contributed by atoms with Crippen LogP contribution in [-0.2, 0) is 11.2 Å². The van der Waals surface area contributed by atoms with E-state index in [0.29, 0.717) is 5.69 Å². The minimum atomic E-state index is -0.377. The lowest BCUT2D eigenvalue weighted by Crippen LogP contribution is -2.36. The molecule has 11 heavy (non-hydrogen) atoms. The summed E-state index contributed by atoms with van der Waals surface area (Å²) in [5.41, 5.74) is 1.97. The van der Waals surface area contributed by atoms with Crippen LogP contribution < -0.4 is 5.32 Å². The van der Waals surface area contributed by atoms with Gasteiger partial charge < -0.3 is 0 Å². The van der Waals surface area contributed by atoms with E-state index in [0.717, 1.165) is 4.88 Å². The molecule has 0 aromatic carbocycles. The average Bonchev–Trinajstić information content (AvgIpc) is 2.34. The maximum absolute atomic E-state index is 11.0. The molecule has 2 heterocycles.